The van der Waals surface area contributed by atoms with Crippen molar-refractivity contribution in [3.05, 3.63) is 27.2 Å². The molecule has 0 aliphatic rings. The van der Waals surface area contributed by atoms with Crippen LogP contribution in [0.4, 0.5) is 0 Å². The molecule has 0 unspecified atom stereocenters. The summed E-state index contributed by atoms with van der Waals surface area (Å²) in [7, 11) is 0. The Bertz CT molecular complexity index is 413. The van der Waals surface area contributed by atoms with Crippen LogP contribution in [0, 0.1) is 13.8 Å². The first-order valence-electron chi connectivity index (χ1n) is 5.12. The molecule has 0 saturated heterocycles. The predicted molar refractivity (Wildman–Crippen MR) is 65.9 cm³/mol. The number of hydrogen-bond acceptors (Lipinski definition) is 2. The van der Waals surface area contributed by atoms with E-state index in [1.165, 1.54) is 0 Å². The molecule has 1 aromatic carbocycles. The second-order valence-electron chi connectivity index (χ2n) is 3.88. The summed E-state index contributed by atoms with van der Waals surface area (Å²) in [6.07, 6.45) is 1.52. The first-order chi connectivity index (χ1) is 7.43. The van der Waals surface area contributed by atoms with Crippen molar-refractivity contribution in [3.63, 3.8) is 0 Å². The van der Waals surface area contributed by atoms with Crippen molar-refractivity contribution in [1.82, 2.24) is 0 Å². The second-order valence-corrected chi connectivity index (χ2v) is 4.67. The van der Waals surface area contributed by atoms with Crippen LogP contribution >= 0.6 is 15.9 Å². The maximum atomic E-state index is 10.4. The van der Waals surface area contributed by atoms with Gasteiger partial charge in [0.15, 0.2) is 0 Å². The van der Waals surface area contributed by atoms with E-state index in [0.717, 1.165) is 23.1 Å². The molecule has 0 aliphatic carbocycles. The Morgan fingerprint density at radius 2 is 2.06 bits per heavy atom. The predicted octanol–water partition coefficient (Wildman–Crippen LogP) is 3.18. The van der Waals surface area contributed by atoms with E-state index in [0.29, 0.717) is 10.9 Å². The maximum Gasteiger partial charge on any atom is 0.303 e. The molecule has 0 bridgehead atoms. The van der Waals surface area contributed by atoms with Crippen LogP contribution in [0.15, 0.2) is 10.5 Å². The molecule has 0 heterocycles. The van der Waals surface area contributed by atoms with Crippen LogP contribution in [0.5, 0.6) is 5.75 Å². The lowest BCUT2D eigenvalue weighted by Gasteiger charge is -2.12. The number of aryl methyl sites for hydroxylation is 1. The molecule has 0 atom stereocenters. The maximum absolute atomic E-state index is 10.4. The van der Waals surface area contributed by atoms with Gasteiger partial charge < -0.3 is 10.2 Å². The summed E-state index contributed by atoms with van der Waals surface area (Å²) in [5.74, 6) is -0.537. The normalized spacial score (nSPS) is 10.4. The van der Waals surface area contributed by atoms with Crippen LogP contribution in [-0.2, 0) is 11.2 Å². The first-order valence-corrected chi connectivity index (χ1v) is 5.92. The number of phenols is 1. The smallest absolute Gasteiger partial charge is 0.303 e. The molecule has 0 spiro atoms. The molecule has 0 fully saturated rings. The van der Waals surface area contributed by atoms with Crippen molar-refractivity contribution in [2.45, 2.75) is 33.1 Å². The summed E-state index contributed by atoms with van der Waals surface area (Å²) >= 11 is 3.32. The van der Waals surface area contributed by atoms with E-state index in [2.05, 4.69) is 15.9 Å². The highest BCUT2D eigenvalue weighted by atomic mass is 79.9. The number of phenolic OH excluding ortho intramolecular Hbond substituents is 1. The number of carbonyl (C=O) groups is 1. The molecule has 0 radical (unpaired) electrons. The van der Waals surface area contributed by atoms with E-state index in [1.807, 2.05) is 13.8 Å². The molecule has 0 aromatic heterocycles. The summed E-state index contributed by atoms with van der Waals surface area (Å²) in [6, 6.07) is 1.70. The summed E-state index contributed by atoms with van der Waals surface area (Å²) in [5, 5.41) is 18.2. The van der Waals surface area contributed by atoms with Gasteiger partial charge in [0.1, 0.15) is 5.75 Å². The molecule has 1 aromatic rings. The van der Waals surface area contributed by atoms with Gasteiger partial charge in [-0.25, -0.2) is 0 Å². The third-order valence-corrected chi connectivity index (χ3v) is 3.65. The fourth-order valence-corrected chi connectivity index (χ4v) is 2.13. The minimum absolute atomic E-state index is 0.178. The largest absolute Gasteiger partial charge is 0.507 e. The Morgan fingerprint density at radius 3 is 2.62 bits per heavy atom. The molecule has 0 amide bonds. The highest BCUT2D eigenvalue weighted by molar-refractivity contribution is 9.10. The summed E-state index contributed by atoms with van der Waals surface area (Å²) in [4.78, 5) is 10.4. The standard InChI is InChI=1S/C12H15BrO3/c1-7-6-10(14)12(13)8(2)9(7)4-3-5-11(15)16/h6,14H,3-5H2,1-2H3,(H,15,16). The number of aromatic hydroxyl groups is 1. The Labute approximate surface area is 103 Å². The molecule has 88 valence electrons. The number of carboxylic acid groups (broad SMARTS) is 1. The van der Waals surface area contributed by atoms with Crippen LogP contribution in [0.3, 0.4) is 0 Å². The van der Waals surface area contributed by atoms with Gasteiger partial charge in [0.05, 0.1) is 4.47 Å². The SMILES string of the molecule is Cc1cc(O)c(Br)c(C)c1CCCC(=O)O. The van der Waals surface area contributed by atoms with Crippen LogP contribution in [0.1, 0.15) is 29.5 Å². The van der Waals surface area contributed by atoms with Crippen LogP contribution in [-0.4, -0.2) is 16.2 Å². The number of halogens is 1. The van der Waals surface area contributed by atoms with Crippen LogP contribution < -0.4 is 0 Å². The van der Waals surface area contributed by atoms with Crippen molar-refractivity contribution >= 4 is 21.9 Å². The Kier molecular flexibility index (Phi) is 4.35. The average Bonchev–Trinajstić information content (AvgIpc) is 2.19. The lowest BCUT2D eigenvalue weighted by Crippen LogP contribution is -1.99. The van der Waals surface area contributed by atoms with E-state index in [9.17, 15) is 9.90 Å². The van der Waals surface area contributed by atoms with Crippen molar-refractivity contribution in [3.8, 4) is 5.75 Å². The van der Waals surface area contributed by atoms with Crippen molar-refractivity contribution in [2.75, 3.05) is 0 Å². The first kappa shape index (κ1) is 13.0. The monoisotopic (exact) mass is 286 g/mol. The zero-order chi connectivity index (χ0) is 12.3. The Hall–Kier alpha value is -1.03. The van der Waals surface area contributed by atoms with Crippen molar-refractivity contribution < 1.29 is 15.0 Å². The van der Waals surface area contributed by atoms with Crippen molar-refractivity contribution in [2.24, 2.45) is 0 Å². The Morgan fingerprint density at radius 1 is 1.44 bits per heavy atom. The molecule has 2 N–H and O–H groups in total. The topological polar surface area (TPSA) is 57.5 Å². The molecule has 0 saturated carbocycles. The van der Waals surface area contributed by atoms with Crippen LogP contribution in [0.2, 0.25) is 0 Å². The van der Waals surface area contributed by atoms with Gasteiger partial charge in [0, 0.05) is 6.42 Å². The number of benzene rings is 1. The van der Waals surface area contributed by atoms with E-state index < -0.39 is 5.97 Å². The molecule has 4 heteroatoms. The second kappa shape index (κ2) is 5.34. The zero-order valence-corrected chi connectivity index (χ0v) is 11.0. The van der Waals surface area contributed by atoms with E-state index in [1.54, 1.807) is 6.07 Å². The summed E-state index contributed by atoms with van der Waals surface area (Å²) in [6.45, 7) is 3.85. The van der Waals surface area contributed by atoms with Gasteiger partial charge >= 0.3 is 5.97 Å². The Balaban J connectivity index is 2.87. The lowest BCUT2D eigenvalue weighted by atomic mass is 9.97. The van der Waals surface area contributed by atoms with E-state index in [4.69, 9.17) is 5.11 Å². The highest BCUT2D eigenvalue weighted by Crippen LogP contribution is 2.32. The molecule has 16 heavy (non-hydrogen) atoms. The quantitative estimate of drug-likeness (QED) is 0.894. The molecule has 1 rings (SSSR count). The third-order valence-electron chi connectivity index (χ3n) is 2.65. The van der Waals surface area contributed by atoms with Crippen molar-refractivity contribution in [1.29, 1.82) is 0 Å². The fraction of sp³-hybridized carbons (Fsp3) is 0.417. The number of carboxylic acids is 1. The third kappa shape index (κ3) is 2.98. The minimum atomic E-state index is -0.770. The number of aliphatic carboxylic acids is 1. The number of rotatable bonds is 4. The van der Waals surface area contributed by atoms with Gasteiger partial charge in [-0.3, -0.25) is 4.79 Å². The number of hydrogen-bond donors (Lipinski definition) is 2. The van der Waals surface area contributed by atoms with Crippen LogP contribution in [0.25, 0.3) is 0 Å². The molecule has 3 nitrogen and oxygen atoms in total. The molecular weight excluding hydrogens is 272 g/mol. The lowest BCUT2D eigenvalue weighted by molar-refractivity contribution is -0.137. The van der Waals surface area contributed by atoms with Gasteiger partial charge in [-0.1, -0.05) is 0 Å². The van der Waals surface area contributed by atoms with Gasteiger partial charge in [-0.2, -0.15) is 0 Å². The summed E-state index contributed by atoms with van der Waals surface area (Å²) in [5.41, 5.74) is 3.11. The molecular formula is C12H15BrO3. The molecule has 0 aliphatic heterocycles. The minimum Gasteiger partial charge on any atom is -0.507 e. The summed E-state index contributed by atoms with van der Waals surface area (Å²) < 4.78 is 0.698. The zero-order valence-electron chi connectivity index (χ0n) is 9.38. The fourth-order valence-electron chi connectivity index (χ4n) is 1.78. The van der Waals surface area contributed by atoms with Gasteiger partial charge in [-0.15, -0.1) is 0 Å². The van der Waals surface area contributed by atoms with Gasteiger partial charge in [0.25, 0.3) is 0 Å². The highest BCUT2D eigenvalue weighted by Gasteiger charge is 2.10. The van der Waals surface area contributed by atoms with Gasteiger partial charge in [-0.05, 0) is 65.4 Å². The van der Waals surface area contributed by atoms with E-state index >= 15 is 0 Å². The average molecular weight is 287 g/mol. The van der Waals surface area contributed by atoms with Gasteiger partial charge in [0.2, 0.25) is 0 Å². The van der Waals surface area contributed by atoms with E-state index in [-0.39, 0.29) is 12.2 Å².